The van der Waals surface area contributed by atoms with Gasteiger partial charge in [-0.1, -0.05) is 11.8 Å². The van der Waals surface area contributed by atoms with Gasteiger partial charge in [-0.2, -0.15) is 10.1 Å². The number of hydrogen-bond donors (Lipinski definition) is 2. The van der Waals surface area contributed by atoms with Crippen LogP contribution >= 0.6 is 0 Å². The lowest BCUT2D eigenvalue weighted by molar-refractivity contribution is 0.102. The van der Waals surface area contributed by atoms with E-state index in [2.05, 4.69) is 27.2 Å². The van der Waals surface area contributed by atoms with Gasteiger partial charge in [-0.15, -0.1) is 0 Å². The van der Waals surface area contributed by atoms with E-state index >= 15 is 0 Å². The van der Waals surface area contributed by atoms with Crippen LogP contribution in [0.4, 0.5) is 10.3 Å². The molecule has 1 heterocycles. The molecule has 0 bridgehead atoms. The van der Waals surface area contributed by atoms with Crippen LogP contribution in [-0.2, 0) is 7.05 Å². The van der Waals surface area contributed by atoms with Crippen molar-refractivity contribution in [1.29, 1.82) is 0 Å². The number of carbonyl (C=O) groups excluding carboxylic acids is 1. The number of carbonyl (C=O) groups is 1. The molecule has 0 atom stereocenters. The molecular formula is C13H11FN4O2. The van der Waals surface area contributed by atoms with Crippen LogP contribution in [0.15, 0.2) is 24.5 Å². The highest BCUT2D eigenvalue weighted by Gasteiger charge is 2.13. The molecule has 0 unspecified atom stereocenters. The Hall–Kier alpha value is -2.72. The number of aromatic nitrogens is 3. The maximum Gasteiger partial charge on any atom is 0.259 e. The predicted molar refractivity (Wildman–Crippen MR) is 69.3 cm³/mol. The van der Waals surface area contributed by atoms with E-state index in [1.165, 1.54) is 17.1 Å². The minimum atomic E-state index is -0.512. The van der Waals surface area contributed by atoms with E-state index in [1.54, 1.807) is 7.05 Å². The number of nitrogens with one attached hydrogen (secondary N) is 1. The van der Waals surface area contributed by atoms with Crippen LogP contribution in [0, 0.1) is 17.7 Å². The Morgan fingerprint density at radius 1 is 1.55 bits per heavy atom. The molecule has 0 radical (unpaired) electrons. The Kier molecular flexibility index (Phi) is 4.08. The summed E-state index contributed by atoms with van der Waals surface area (Å²) in [4.78, 5) is 16.0. The number of benzene rings is 1. The first-order chi connectivity index (χ1) is 9.61. The number of halogens is 1. The van der Waals surface area contributed by atoms with Crippen LogP contribution in [0.2, 0.25) is 0 Å². The number of aliphatic hydroxyl groups is 1. The van der Waals surface area contributed by atoms with Gasteiger partial charge in [0.15, 0.2) is 0 Å². The van der Waals surface area contributed by atoms with Crippen molar-refractivity contribution in [1.82, 2.24) is 14.8 Å². The van der Waals surface area contributed by atoms with Crippen LogP contribution in [0.1, 0.15) is 15.9 Å². The van der Waals surface area contributed by atoms with Crippen molar-refractivity contribution < 1.29 is 14.3 Å². The summed E-state index contributed by atoms with van der Waals surface area (Å²) in [6, 6.07) is 3.62. The maximum absolute atomic E-state index is 13.2. The molecule has 1 aromatic carbocycles. The number of nitrogens with zero attached hydrogens (tertiary/aromatic N) is 3. The van der Waals surface area contributed by atoms with Crippen molar-refractivity contribution in [3.63, 3.8) is 0 Å². The van der Waals surface area contributed by atoms with Crippen molar-refractivity contribution in [3.8, 4) is 11.8 Å². The number of aryl methyl sites for hydroxylation is 1. The third-order valence-electron chi connectivity index (χ3n) is 2.47. The fourth-order valence-corrected chi connectivity index (χ4v) is 1.53. The standard InChI is InChI=1S/C13H11FN4O2/c1-18-13(15-8-16-18)17-12(20)11-5-4-10(14)7-9(11)3-2-6-19/h4-5,7-8,19H,6H2,1H3,(H,15,16,17,20). The summed E-state index contributed by atoms with van der Waals surface area (Å²) in [5.41, 5.74) is 0.383. The molecule has 0 aliphatic heterocycles. The normalized spacial score (nSPS) is 9.75. The van der Waals surface area contributed by atoms with E-state index in [0.717, 1.165) is 12.1 Å². The number of amides is 1. The lowest BCUT2D eigenvalue weighted by atomic mass is 10.1. The number of anilines is 1. The summed E-state index contributed by atoms with van der Waals surface area (Å²) in [6.45, 7) is -0.374. The monoisotopic (exact) mass is 274 g/mol. The molecule has 102 valence electrons. The zero-order valence-electron chi connectivity index (χ0n) is 10.6. The van der Waals surface area contributed by atoms with Gasteiger partial charge in [0.05, 0.1) is 5.56 Å². The van der Waals surface area contributed by atoms with Crippen LogP contribution < -0.4 is 5.32 Å². The minimum Gasteiger partial charge on any atom is -0.384 e. The van der Waals surface area contributed by atoms with Gasteiger partial charge >= 0.3 is 0 Å². The third-order valence-corrected chi connectivity index (χ3v) is 2.47. The highest BCUT2D eigenvalue weighted by Crippen LogP contribution is 2.12. The molecule has 0 aliphatic carbocycles. The van der Waals surface area contributed by atoms with Crippen molar-refractivity contribution in [2.75, 3.05) is 11.9 Å². The lowest BCUT2D eigenvalue weighted by Gasteiger charge is -2.06. The van der Waals surface area contributed by atoms with Crippen molar-refractivity contribution in [2.45, 2.75) is 0 Å². The summed E-state index contributed by atoms with van der Waals surface area (Å²) < 4.78 is 14.6. The SMILES string of the molecule is Cn1ncnc1NC(=O)c1ccc(F)cc1C#CCO. The number of rotatable bonds is 2. The molecule has 2 aromatic rings. The first-order valence-electron chi connectivity index (χ1n) is 5.66. The van der Waals surface area contributed by atoms with E-state index in [0.29, 0.717) is 0 Å². The van der Waals surface area contributed by atoms with Gasteiger partial charge in [0.25, 0.3) is 5.91 Å². The number of hydrogen-bond acceptors (Lipinski definition) is 4. The Bertz CT molecular complexity index is 700. The quantitative estimate of drug-likeness (QED) is 0.784. The first-order valence-corrected chi connectivity index (χ1v) is 5.66. The molecular weight excluding hydrogens is 263 g/mol. The van der Waals surface area contributed by atoms with E-state index in [9.17, 15) is 9.18 Å². The summed E-state index contributed by atoms with van der Waals surface area (Å²) in [6.07, 6.45) is 1.30. The van der Waals surface area contributed by atoms with Crippen LogP contribution in [0.5, 0.6) is 0 Å². The molecule has 7 heteroatoms. The molecule has 1 aromatic heterocycles. The minimum absolute atomic E-state index is 0.190. The maximum atomic E-state index is 13.2. The zero-order valence-corrected chi connectivity index (χ0v) is 10.6. The van der Waals surface area contributed by atoms with E-state index in [4.69, 9.17) is 5.11 Å². The van der Waals surface area contributed by atoms with Crippen molar-refractivity contribution in [3.05, 3.63) is 41.5 Å². The van der Waals surface area contributed by atoms with Gasteiger partial charge in [0, 0.05) is 12.6 Å². The van der Waals surface area contributed by atoms with Crippen LogP contribution in [-0.4, -0.2) is 32.4 Å². The molecule has 6 nitrogen and oxygen atoms in total. The molecule has 2 N–H and O–H groups in total. The molecule has 0 fully saturated rings. The summed E-state index contributed by atoms with van der Waals surface area (Å²) >= 11 is 0. The largest absolute Gasteiger partial charge is 0.384 e. The Morgan fingerprint density at radius 2 is 2.35 bits per heavy atom. The average Bonchev–Trinajstić information content (AvgIpc) is 2.82. The van der Waals surface area contributed by atoms with Gasteiger partial charge in [0.1, 0.15) is 18.8 Å². The highest BCUT2D eigenvalue weighted by atomic mass is 19.1. The van der Waals surface area contributed by atoms with Crippen LogP contribution in [0.3, 0.4) is 0 Å². The van der Waals surface area contributed by atoms with Gasteiger partial charge < -0.3 is 5.11 Å². The topological polar surface area (TPSA) is 80.0 Å². The highest BCUT2D eigenvalue weighted by molar-refractivity contribution is 6.05. The molecule has 0 aliphatic rings. The molecule has 20 heavy (non-hydrogen) atoms. The molecule has 0 saturated carbocycles. The zero-order chi connectivity index (χ0) is 14.5. The second kappa shape index (κ2) is 5.95. The van der Waals surface area contributed by atoms with Gasteiger partial charge in [-0.05, 0) is 18.2 Å². The predicted octanol–water partition coefficient (Wildman–Crippen LogP) is 0.550. The smallest absolute Gasteiger partial charge is 0.259 e. The molecule has 2 rings (SSSR count). The first kappa shape index (κ1) is 13.7. The van der Waals surface area contributed by atoms with E-state index < -0.39 is 11.7 Å². The van der Waals surface area contributed by atoms with Crippen LogP contribution in [0.25, 0.3) is 0 Å². The van der Waals surface area contributed by atoms with E-state index in [1.807, 2.05) is 0 Å². The molecule has 0 spiro atoms. The average molecular weight is 274 g/mol. The molecule has 0 saturated heterocycles. The fourth-order valence-electron chi connectivity index (χ4n) is 1.53. The fraction of sp³-hybridized carbons (Fsp3) is 0.154. The Balaban J connectivity index is 2.32. The van der Waals surface area contributed by atoms with Gasteiger partial charge in [-0.3, -0.25) is 10.1 Å². The summed E-state index contributed by atoms with van der Waals surface area (Å²) in [7, 11) is 1.62. The second-order valence-corrected chi connectivity index (χ2v) is 3.81. The van der Waals surface area contributed by atoms with E-state index in [-0.39, 0.29) is 23.7 Å². The number of aliphatic hydroxyl groups excluding tert-OH is 1. The second-order valence-electron chi connectivity index (χ2n) is 3.81. The Morgan fingerprint density at radius 3 is 3.00 bits per heavy atom. The molecule has 1 amide bonds. The lowest BCUT2D eigenvalue weighted by Crippen LogP contribution is -2.16. The Labute approximate surface area is 114 Å². The summed E-state index contributed by atoms with van der Waals surface area (Å²) in [5.74, 6) is 4.19. The van der Waals surface area contributed by atoms with Gasteiger partial charge in [-0.25, -0.2) is 9.07 Å². The van der Waals surface area contributed by atoms with Gasteiger partial charge in [0.2, 0.25) is 5.95 Å². The van der Waals surface area contributed by atoms with Crippen molar-refractivity contribution >= 4 is 11.9 Å². The summed E-state index contributed by atoms with van der Waals surface area (Å²) in [5, 5.41) is 15.0. The third kappa shape index (κ3) is 2.99. The van der Waals surface area contributed by atoms with Crippen molar-refractivity contribution in [2.24, 2.45) is 7.05 Å².